The van der Waals surface area contributed by atoms with Crippen molar-refractivity contribution in [1.82, 2.24) is 9.55 Å². The topological polar surface area (TPSA) is 47.3 Å². The van der Waals surface area contributed by atoms with Gasteiger partial charge in [0, 0.05) is 6.54 Å². The maximum Gasteiger partial charge on any atom is 0.138 e. The van der Waals surface area contributed by atoms with Crippen LogP contribution in [0, 0.1) is 0 Å². The summed E-state index contributed by atoms with van der Waals surface area (Å²) in [6.45, 7) is 5.31. The zero-order valence-corrected chi connectivity index (χ0v) is 14.3. The molecule has 3 aromatic rings. The number of hydrogen-bond acceptors (Lipinski definition) is 3. The summed E-state index contributed by atoms with van der Waals surface area (Å²) in [7, 11) is 0. The van der Waals surface area contributed by atoms with Gasteiger partial charge >= 0.3 is 0 Å². The summed E-state index contributed by atoms with van der Waals surface area (Å²) in [6, 6.07) is 16.2. The molecule has 0 radical (unpaired) electrons. The number of aliphatic hydroxyl groups excluding tert-OH is 1. The number of aliphatic hydroxyl groups is 1. The molecule has 126 valence electrons. The summed E-state index contributed by atoms with van der Waals surface area (Å²) in [5.41, 5.74) is 3.29. The Kier molecular flexibility index (Phi) is 5.16. The molecule has 0 fully saturated rings. The van der Waals surface area contributed by atoms with E-state index in [1.807, 2.05) is 36.4 Å². The van der Waals surface area contributed by atoms with Gasteiger partial charge < -0.3 is 14.4 Å². The molecular weight excluding hydrogens is 300 g/mol. The van der Waals surface area contributed by atoms with Crippen molar-refractivity contribution < 1.29 is 9.84 Å². The predicted octanol–water partition coefficient (Wildman–Crippen LogP) is 4.12. The Bertz CT molecular complexity index is 791. The molecule has 0 aliphatic rings. The molecule has 3 rings (SSSR count). The number of imidazole rings is 1. The Morgan fingerprint density at radius 3 is 2.58 bits per heavy atom. The van der Waals surface area contributed by atoms with Crippen molar-refractivity contribution in [3.63, 3.8) is 0 Å². The van der Waals surface area contributed by atoms with E-state index in [9.17, 15) is 5.11 Å². The highest BCUT2D eigenvalue weighted by Gasteiger charge is 2.14. The molecule has 0 aliphatic heterocycles. The minimum absolute atomic E-state index is 0.583. The smallest absolute Gasteiger partial charge is 0.138 e. The number of fused-ring (bicyclic) bond motifs is 1. The third kappa shape index (κ3) is 3.60. The van der Waals surface area contributed by atoms with Crippen LogP contribution in [0.25, 0.3) is 11.0 Å². The molecule has 0 saturated carbocycles. The minimum Gasteiger partial charge on any atom is -0.494 e. The minimum atomic E-state index is -0.583. The van der Waals surface area contributed by atoms with Crippen LogP contribution in [0.15, 0.2) is 48.5 Å². The zero-order chi connectivity index (χ0) is 16.9. The lowest BCUT2D eigenvalue weighted by Gasteiger charge is -2.12. The number of ether oxygens (including phenoxy) is 1. The first-order chi connectivity index (χ1) is 11.7. The standard InChI is InChI=1S/C20H24N2O2/c1-3-16-9-11-17(12-10-16)24-14-6-13-22-19-8-5-4-7-18(19)21-20(22)15(2)23/h4-5,7-12,15,23H,3,6,13-14H2,1-2H3. The molecule has 0 saturated heterocycles. The van der Waals surface area contributed by atoms with Crippen molar-refractivity contribution in [2.75, 3.05) is 6.61 Å². The van der Waals surface area contributed by atoms with Crippen molar-refractivity contribution in [2.24, 2.45) is 0 Å². The molecule has 0 aliphatic carbocycles. The second kappa shape index (κ2) is 7.49. The van der Waals surface area contributed by atoms with Gasteiger partial charge in [-0.1, -0.05) is 31.2 Å². The van der Waals surface area contributed by atoms with E-state index in [0.717, 1.165) is 36.2 Å². The average Bonchev–Trinajstić information content (AvgIpc) is 2.98. The van der Waals surface area contributed by atoms with Gasteiger partial charge in [0.15, 0.2) is 0 Å². The number of nitrogens with zero attached hydrogens (tertiary/aromatic N) is 2. The van der Waals surface area contributed by atoms with Gasteiger partial charge in [-0.3, -0.25) is 0 Å². The predicted molar refractivity (Wildman–Crippen MR) is 96.3 cm³/mol. The summed E-state index contributed by atoms with van der Waals surface area (Å²) in [6.07, 6.45) is 1.31. The lowest BCUT2D eigenvalue weighted by molar-refractivity contribution is 0.183. The van der Waals surface area contributed by atoms with Crippen molar-refractivity contribution >= 4 is 11.0 Å². The molecule has 24 heavy (non-hydrogen) atoms. The van der Waals surface area contributed by atoms with E-state index in [1.54, 1.807) is 6.92 Å². The quantitative estimate of drug-likeness (QED) is 0.665. The van der Waals surface area contributed by atoms with Crippen molar-refractivity contribution in [3.05, 3.63) is 59.9 Å². The molecule has 1 heterocycles. The molecule has 1 N–H and O–H groups in total. The largest absolute Gasteiger partial charge is 0.494 e. The monoisotopic (exact) mass is 324 g/mol. The summed E-state index contributed by atoms with van der Waals surface area (Å²) in [4.78, 5) is 4.54. The molecular formula is C20H24N2O2. The number of aromatic nitrogens is 2. The Balaban J connectivity index is 1.63. The van der Waals surface area contributed by atoms with Crippen molar-refractivity contribution in [2.45, 2.75) is 39.3 Å². The second-order valence-electron chi connectivity index (χ2n) is 5.99. The first kappa shape index (κ1) is 16.5. The van der Waals surface area contributed by atoms with E-state index < -0.39 is 6.10 Å². The number of benzene rings is 2. The Morgan fingerprint density at radius 2 is 1.88 bits per heavy atom. The van der Waals surface area contributed by atoms with Crippen LogP contribution >= 0.6 is 0 Å². The Labute approximate surface area is 142 Å². The van der Waals surface area contributed by atoms with E-state index in [2.05, 4.69) is 28.6 Å². The first-order valence-electron chi connectivity index (χ1n) is 8.54. The Hall–Kier alpha value is -2.33. The highest BCUT2D eigenvalue weighted by Crippen LogP contribution is 2.21. The number of aryl methyl sites for hydroxylation is 2. The van der Waals surface area contributed by atoms with Gasteiger partial charge in [-0.2, -0.15) is 0 Å². The average molecular weight is 324 g/mol. The van der Waals surface area contributed by atoms with Gasteiger partial charge in [0.05, 0.1) is 17.6 Å². The summed E-state index contributed by atoms with van der Waals surface area (Å²) in [5.74, 6) is 1.61. The van der Waals surface area contributed by atoms with Gasteiger partial charge in [-0.15, -0.1) is 0 Å². The molecule has 2 aromatic carbocycles. The summed E-state index contributed by atoms with van der Waals surface area (Å²) >= 11 is 0. The molecule has 0 spiro atoms. The first-order valence-corrected chi connectivity index (χ1v) is 8.54. The SMILES string of the molecule is CCc1ccc(OCCCn2c(C(C)O)nc3ccccc32)cc1. The third-order valence-electron chi connectivity index (χ3n) is 4.18. The summed E-state index contributed by atoms with van der Waals surface area (Å²) < 4.78 is 7.91. The van der Waals surface area contributed by atoms with Gasteiger partial charge in [0.1, 0.15) is 17.7 Å². The molecule has 4 heteroatoms. The molecule has 1 atom stereocenters. The van der Waals surface area contributed by atoms with Crippen LogP contribution in [0.1, 0.15) is 37.8 Å². The van der Waals surface area contributed by atoms with Crippen LogP contribution in [-0.4, -0.2) is 21.3 Å². The van der Waals surface area contributed by atoms with Gasteiger partial charge in [0.2, 0.25) is 0 Å². The zero-order valence-electron chi connectivity index (χ0n) is 14.3. The third-order valence-corrected chi connectivity index (χ3v) is 4.18. The van der Waals surface area contributed by atoms with Crippen LogP contribution < -0.4 is 4.74 Å². The highest BCUT2D eigenvalue weighted by molar-refractivity contribution is 5.75. The lowest BCUT2D eigenvalue weighted by Crippen LogP contribution is -2.09. The van der Waals surface area contributed by atoms with Crippen LogP contribution in [0.5, 0.6) is 5.75 Å². The molecule has 1 aromatic heterocycles. The molecule has 4 nitrogen and oxygen atoms in total. The van der Waals surface area contributed by atoms with E-state index in [-0.39, 0.29) is 0 Å². The molecule has 0 bridgehead atoms. The number of hydrogen-bond donors (Lipinski definition) is 1. The van der Waals surface area contributed by atoms with E-state index >= 15 is 0 Å². The fourth-order valence-electron chi connectivity index (χ4n) is 2.88. The maximum atomic E-state index is 9.97. The summed E-state index contributed by atoms with van der Waals surface area (Å²) in [5, 5.41) is 9.97. The van der Waals surface area contributed by atoms with Crippen LogP contribution in [0.2, 0.25) is 0 Å². The number of rotatable bonds is 7. The fraction of sp³-hybridized carbons (Fsp3) is 0.350. The van der Waals surface area contributed by atoms with Crippen molar-refractivity contribution in [3.8, 4) is 5.75 Å². The number of para-hydroxylation sites is 2. The maximum absolute atomic E-state index is 9.97. The van der Waals surface area contributed by atoms with Crippen LogP contribution in [-0.2, 0) is 13.0 Å². The fourth-order valence-corrected chi connectivity index (χ4v) is 2.88. The van der Waals surface area contributed by atoms with E-state index in [4.69, 9.17) is 4.74 Å². The second-order valence-corrected chi connectivity index (χ2v) is 5.99. The van der Waals surface area contributed by atoms with Gasteiger partial charge in [-0.05, 0) is 49.6 Å². The lowest BCUT2D eigenvalue weighted by atomic mass is 10.2. The van der Waals surface area contributed by atoms with Crippen molar-refractivity contribution in [1.29, 1.82) is 0 Å². The van der Waals surface area contributed by atoms with Gasteiger partial charge in [0.25, 0.3) is 0 Å². The molecule has 0 amide bonds. The van der Waals surface area contributed by atoms with E-state index in [1.165, 1.54) is 5.56 Å². The highest BCUT2D eigenvalue weighted by atomic mass is 16.5. The van der Waals surface area contributed by atoms with Crippen LogP contribution in [0.4, 0.5) is 0 Å². The van der Waals surface area contributed by atoms with Crippen LogP contribution in [0.3, 0.4) is 0 Å². The van der Waals surface area contributed by atoms with Gasteiger partial charge in [-0.25, -0.2) is 4.98 Å². The Morgan fingerprint density at radius 1 is 1.12 bits per heavy atom. The normalized spacial score (nSPS) is 12.5. The molecule has 1 unspecified atom stereocenters. The van der Waals surface area contributed by atoms with E-state index in [0.29, 0.717) is 12.4 Å².